The number of piperidine rings is 1. The first-order chi connectivity index (χ1) is 8.68. The van der Waals surface area contributed by atoms with Crippen LogP contribution in [-0.4, -0.2) is 24.2 Å². The number of carboxylic acid groups (broad SMARTS) is 1. The molecule has 1 heterocycles. The third-order valence-corrected chi connectivity index (χ3v) is 3.45. The minimum atomic E-state index is -0.959. The van der Waals surface area contributed by atoms with E-state index in [9.17, 15) is 4.79 Å². The fourth-order valence-corrected chi connectivity index (χ4v) is 2.49. The molecule has 1 aromatic carbocycles. The van der Waals surface area contributed by atoms with Gasteiger partial charge in [0.1, 0.15) is 0 Å². The highest BCUT2D eigenvalue weighted by atomic mass is 35.5. The summed E-state index contributed by atoms with van der Waals surface area (Å²) in [4.78, 5) is 12.9. The number of hydrogen-bond donors (Lipinski definition) is 1. The van der Waals surface area contributed by atoms with Crippen LogP contribution in [0.15, 0.2) is 24.3 Å². The van der Waals surface area contributed by atoms with E-state index in [1.54, 1.807) is 12.1 Å². The maximum atomic E-state index is 10.6. The van der Waals surface area contributed by atoms with E-state index in [2.05, 4.69) is 4.90 Å². The molecule has 1 aromatic rings. The number of carbonyl (C=O) groups is 1. The predicted octanol–water partition coefficient (Wildman–Crippen LogP) is 3.43. The molecular formula is C14H16ClNO2. The van der Waals surface area contributed by atoms with Crippen molar-refractivity contribution >= 4 is 29.3 Å². The van der Waals surface area contributed by atoms with Crippen LogP contribution in [0.3, 0.4) is 0 Å². The summed E-state index contributed by atoms with van der Waals surface area (Å²) in [6, 6.07) is 5.69. The molecule has 18 heavy (non-hydrogen) atoms. The number of benzene rings is 1. The minimum Gasteiger partial charge on any atom is -0.478 e. The SMILES string of the molecule is O=C(O)/C=C/c1c(Cl)cccc1N1CCCCC1. The van der Waals surface area contributed by atoms with Gasteiger partial charge < -0.3 is 10.0 Å². The highest BCUT2D eigenvalue weighted by Crippen LogP contribution is 2.30. The lowest BCUT2D eigenvalue weighted by atomic mass is 10.1. The van der Waals surface area contributed by atoms with E-state index in [1.807, 2.05) is 12.1 Å². The molecule has 3 nitrogen and oxygen atoms in total. The standard InChI is InChI=1S/C14H16ClNO2/c15-12-5-4-6-13(11(12)7-8-14(17)18)16-9-2-1-3-10-16/h4-8H,1-3,9-10H2,(H,17,18)/b8-7+. The number of anilines is 1. The molecule has 0 aliphatic carbocycles. The van der Waals surface area contributed by atoms with Crippen molar-refractivity contribution in [2.24, 2.45) is 0 Å². The second kappa shape index (κ2) is 5.91. The van der Waals surface area contributed by atoms with Crippen molar-refractivity contribution in [2.45, 2.75) is 19.3 Å². The van der Waals surface area contributed by atoms with Gasteiger partial charge in [0.25, 0.3) is 0 Å². The average Bonchev–Trinajstić information content (AvgIpc) is 2.38. The second-order valence-electron chi connectivity index (χ2n) is 4.39. The number of aliphatic carboxylic acids is 1. The Bertz CT molecular complexity index is 465. The number of halogens is 1. The van der Waals surface area contributed by atoms with Crippen molar-refractivity contribution in [3.63, 3.8) is 0 Å². The third kappa shape index (κ3) is 3.05. The van der Waals surface area contributed by atoms with Gasteiger partial charge in [-0.15, -0.1) is 0 Å². The Balaban J connectivity index is 2.33. The van der Waals surface area contributed by atoms with Gasteiger partial charge in [0.2, 0.25) is 0 Å². The van der Waals surface area contributed by atoms with Crippen LogP contribution in [0, 0.1) is 0 Å². The van der Waals surface area contributed by atoms with Gasteiger partial charge >= 0.3 is 5.97 Å². The van der Waals surface area contributed by atoms with Crippen LogP contribution in [0.4, 0.5) is 5.69 Å². The predicted molar refractivity (Wildman–Crippen MR) is 74.2 cm³/mol. The van der Waals surface area contributed by atoms with Gasteiger partial charge in [0.05, 0.1) is 0 Å². The maximum absolute atomic E-state index is 10.6. The molecule has 0 saturated carbocycles. The third-order valence-electron chi connectivity index (χ3n) is 3.12. The van der Waals surface area contributed by atoms with Gasteiger partial charge in [-0.2, -0.15) is 0 Å². The van der Waals surface area contributed by atoms with Crippen LogP contribution < -0.4 is 4.90 Å². The Morgan fingerprint density at radius 2 is 2.00 bits per heavy atom. The molecule has 2 rings (SSSR count). The fraction of sp³-hybridized carbons (Fsp3) is 0.357. The summed E-state index contributed by atoms with van der Waals surface area (Å²) < 4.78 is 0. The highest BCUT2D eigenvalue weighted by Gasteiger charge is 2.14. The van der Waals surface area contributed by atoms with Crippen LogP contribution in [0.25, 0.3) is 6.08 Å². The van der Waals surface area contributed by atoms with E-state index in [0.717, 1.165) is 30.4 Å². The lowest BCUT2D eigenvalue weighted by molar-refractivity contribution is -0.131. The monoisotopic (exact) mass is 265 g/mol. The summed E-state index contributed by atoms with van der Waals surface area (Å²) in [7, 11) is 0. The molecule has 0 atom stereocenters. The zero-order valence-corrected chi connectivity index (χ0v) is 10.9. The van der Waals surface area contributed by atoms with Crippen LogP contribution >= 0.6 is 11.6 Å². The Hall–Kier alpha value is -1.48. The molecule has 1 saturated heterocycles. The zero-order chi connectivity index (χ0) is 13.0. The van der Waals surface area contributed by atoms with Crippen LogP contribution in [0.1, 0.15) is 24.8 Å². The summed E-state index contributed by atoms with van der Waals surface area (Å²) in [5.74, 6) is -0.959. The fourth-order valence-electron chi connectivity index (χ4n) is 2.26. The summed E-state index contributed by atoms with van der Waals surface area (Å²) >= 11 is 6.16. The van der Waals surface area contributed by atoms with E-state index in [-0.39, 0.29) is 0 Å². The Kier molecular flexibility index (Phi) is 4.26. The van der Waals surface area contributed by atoms with Crippen LogP contribution in [0.2, 0.25) is 5.02 Å². The Labute approximate surface area is 112 Å². The van der Waals surface area contributed by atoms with Gasteiger partial charge in [0, 0.05) is 35.4 Å². The largest absolute Gasteiger partial charge is 0.478 e. The first-order valence-corrected chi connectivity index (χ1v) is 6.51. The lowest BCUT2D eigenvalue weighted by Gasteiger charge is -2.30. The number of hydrogen-bond acceptors (Lipinski definition) is 2. The summed E-state index contributed by atoms with van der Waals surface area (Å²) in [5, 5.41) is 9.32. The first-order valence-electron chi connectivity index (χ1n) is 6.13. The summed E-state index contributed by atoms with van der Waals surface area (Å²) in [6.45, 7) is 2.02. The second-order valence-corrected chi connectivity index (χ2v) is 4.80. The molecule has 4 heteroatoms. The molecule has 0 unspecified atom stereocenters. The molecule has 96 valence electrons. The quantitative estimate of drug-likeness (QED) is 0.852. The molecule has 1 N–H and O–H groups in total. The number of carboxylic acids is 1. The average molecular weight is 266 g/mol. The molecule has 0 radical (unpaired) electrons. The molecule has 1 fully saturated rings. The van der Waals surface area contributed by atoms with Gasteiger partial charge in [-0.05, 0) is 37.5 Å². The lowest BCUT2D eigenvalue weighted by Crippen LogP contribution is -2.29. The van der Waals surface area contributed by atoms with Gasteiger partial charge in [-0.1, -0.05) is 17.7 Å². The molecule has 0 bridgehead atoms. The topological polar surface area (TPSA) is 40.5 Å². The van der Waals surface area contributed by atoms with E-state index in [4.69, 9.17) is 16.7 Å². The van der Waals surface area contributed by atoms with Crippen molar-refractivity contribution in [3.8, 4) is 0 Å². The van der Waals surface area contributed by atoms with Crippen molar-refractivity contribution in [1.82, 2.24) is 0 Å². The van der Waals surface area contributed by atoms with Crippen molar-refractivity contribution in [2.75, 3.05) is 18.0 Å². The number of rotatable bonds is 3. The van der Waals surface area contributed by atoms with E-state index >= 15 is 0 Å². The van der Waals surface area contributed by atoms with E-state index in [0.29, 0.717) is 5.02 Å². The van der Waals surface area contributed by atoms with Crippen molar-refractivity contribution in [1.29, 1.82) is 0 Å². The molecule has 0 aromatic heterocycles. The van der Waals surface area contributed by atoms with Gasteiger partial charge in [-0.3, -0.25) is 0 Å². The van der Waals surface area contributed by atoms with Crippen molar-refractivity contribution < 1.29 is 9.90 Å². The minimum absolute atomic E-state index is 0.593. The molecule has 1 aliphatic rings. The van der Waals surface area contributed by atoms with Crippen molar-refractivity contribution in [3.05, 3.63) is 34.9 Å². The van der Waals surface area contributed by atoms with Crippen LogP contribution in [-0.2, 0) is 4.79 Å². The molecule has 1 aliphatic heterocycles. The molecule has 0 spiro atoms. The zero-order valence-electron chi connectivity index (χ0n) is 10.1. The Morgan fingerprint density at radius 3 is 2.67 bits per heavy atom. The van der Waals surface area contributed by atoms with Gasteiger partial charge in [-0.25, -0.2) is 4.79 Å². The Morgan fingerprint density at radius 1 is 1.28 bits per heavy atom. The van der Waals surface area contributed by atoms with Crippen LogP contribution in [0.5, 0.6) is 0 Å². The molecular weight excluding hydrogens is 250 g/mol. The first kappa shape index (κ1) is 13.0. The number of nitrogens with zero attached hydrogens (tertiary/aromatic N) is 1. The summed E-state index contributed by atoms with van der Waals surface area (Å²) in [6.07, 6.45) is 6.32. The van der Waals surface area contributed by atoms with E-state index < -0.39 is 5.97 Å². The summed E-state index contributed by atoms with van der Waals surface area (Å²) in [5.41, 5.74) is 1.82. The smallest absolute Gasteiger partial charge is 0.328 e. The van der Waals surface area contributed by atoms with Gasteiger partial charge in [0.15, 0.2) is 0 Å². The molecule has 0 amide bonds. The normalized spacial score (nSPS) is 16.2. The maximum Gasteiger partial charge on any atom is 0.328 e. The highest BCUT2D eigenvalue weighted by molar-refractivity contribution is 6.32. The van der Waals surface area contributed by atoms with E-state index in [1.165, 1.54) is 19.3 Å².